The van der Waals surface area contributed by atoms with E-state index in [0.717, 1.165) is 34.3 Å². The summed E-state index contributed by atoms with van der Waals surface area (Å²) in [5.41, 5.74) is 5.50. The van der Waals surface area contributed by atoms with Gasteiger partial charge in [0, 0.05) is 17.0 Å². The third-order valence-electron chi connectivity index (χ3n) is 5.90. The predicted octanol–water partition coefficient (Wildman–Crippen LogP) is 5.54. The highest BCUT2D eigenvalue weighted by Gasteiger charge is 2.28. The van der Waals surface area contributed by atoms with Gasteiger partial charge in [-0.15, -0.1) is 12.4 Å². The number of hydrogen-bond donors (Lipinski definition) is 1. The van der Waals surface area contributed by atoms with Crippen LogP contribution in [0.3, 0.4) is 0 Å². The van der Waals surface area contributed by atoms with Gasteiger partial charge in [0.1, 0.15) is 0 Å². The van der Waals surface area contributed by atoms with Crippen LogP contribution in [0.4, 0.5) is 0 Å². The van der Waals surface area contributed by atoms with Crippen molar-refractivity contribution >= 4 is 23.3 Å². The number of halogens is 1. The Morgan fingerprint density at radius 1 is 1.11 bits per heavy atom. The zero-order chi connectivity index (χ0) is 18.8. The van der Waals surface area contributed by atoms with E-state index in [4.69, 9.17) is 4.98 Å². The van der Waals surface area contributed by atoms with Gasteiger partial charge in [0.2, 0.25) is 0 Å². The Morgan fingerprint density at radius 3 is 2.61 bits per heavy atom. The number of pyridine rings is 1. The van der Waals surface area contributed by atoms with Gasteiger partial charge < -0.3 is 5.11 Å². The number of fused-ring (bicyclic) bond motifs is 1. The van der Waals surface area contributed by atoms with Gasteiger partial charge in [0.05, 0.1) is 23.9 Å². The molecule has 2 atom stereocenters. The van der Waals surface area contributed by atoms with E-state index in [-0.39, 0.29) is 25.1 Å². The molecule has 0 saturated carbocycles. The number of nitrogens with zero attached hydrogens (tertiary/aromatic N) is 2. The Labute approximate surface area is 173 Å². The smallest absolute Gasteiger partial charge is 0.0758 e. The highest BCUT2D eigenvalue weighted by molar-refractivity contribution is 5.86. The van der Waals surface area contributed by atoms with Crippen LogP contribution in [-0.4, -0.2) is 34.2 Å². The summed E-state index contributed by atoms with van der Waals surface area (Å²) in [6.45, 7) is 5.57. The summed E-state index contributed by atoms with van der Waals surface area (Å²) >= 11 is 0. The van der Waals surface area contributed by atoms with Crippen LogP contribution in [0.15, 0.2) is 54.6 Å². The number of para-hydroxylation sites is 1. The molecule has 2 heterocycles. The van der Waals surface area contributed by atoms with Crippen molar-refractivity contribution in [3.05, 3.63) is 65.7 Å². The van der Waals surface area contributed by atoms with Crippen LogP contribution in [0, 0.1) is 6.92 Å². The fourth-order valence-corrected chi connectivity index (χ4v) is 4.45. The largest absolute Gasteiger partial charge is 0.394 e. The van der Waals surface area contributed by atoms with Crippen molar-refractivity contribution in [2.75, 3.05) is 13.2 Å². The molecule has 1 fully saturated rings. The Bertz CT molecular complexity index is 929. The molecule has 4 heteroatoms. The Balaban J connectivity index is 0.00000225. The maximum absolute atomic E-state index is 10.3. The molecule has 0 radical (unpaired) electrons. The molecule has 148 valence electrons. The molecule has 4 rings (SSSR count). The topological polar surface area (TPSA) is 36.4 Å². The molecular formula is C24H29ClN2O. The second kappa shape index (κ2) is 9.04. The van der Waals surface area contributed by atoms with Crippen molar-refractivity contribution < 1.29 is 5.11 Å². The number of aryl methyl sites for hydroxylation is 1. The van der Waals surface area contributed by atoms with Crippen LogP contribution >= 0.6 is 12.4 Å². The predicted molar refractivity (Wildman–Crippen MR) is 119 cm³/mol. The minimum absolute atomic E-state index is 0. The van der Waals surface area contributed by atoms with Crippen molar-refractivity contribution in [1.82, 2.24) is 9.88 Å². The number of aliphatic hydroxyl groups is 1. The lowest BCUT2D eigenvalue weighted by molar-refractivity contribution is 0.0650. The lowest BCUT2D eigenvalue weighted by Crippen LogP contribution is -2.41. The molecule has 1 aromatic heterocycles. The first kappa shape index (κ1) is 20.8. The standard InChI is InChI=1S/C24H28N2O.ClH/c1-17-15-20-12-8-13-21(22(16-27)26-14-7-6-9-18(26)2)24(20)25-23(17)19-10-4-3-5-11-19;/h3-5,8,10-13,15,18,22,27H,6-7,9,14,16H2,1-2H3;1H/t18-,22+;/m1./s1. The first-order chi connectivity index (χ1) is 13.2. The SMILES string of the molecule is Cc1cc2cccc([C@H](CO)N3CCCC[C@H]3C)c2nc1-c1ccccc1.Cl. The summed E-state index contributed by atoms with van der Waals surface area (Å²) in [6.07, 6.45) is 3.68. The van der Waals surface area contributed by atoms with Crippen LogP contribution in [-0.2, 0) is 0 Å². The van der Waals surface area contributed by atoms with Crippen molar-refractivity contribution in [2.24, 2.45) is 0 Å². The van der Waals surface area contributed by atoms with Crippen molar-refractivity contribution in [1.29, 1.82) is 0 Å². The number of aromatic nitrogens is 1. The van der Waals surface area contributed by atoms with Crippen molar-refractivity contribution in [2.45, 2.75) is 45.2 Å². The first-order valence-corrected chi connectivity index (χ1v) is 10.0. The zero-order valence-corrected chi connectivity index (χ0v) is 17.5. The maximum Gasteiger partial charge on any atom is 0.0758 e. The summed E-state index contributed by atoms with van der Waals surface area (Å²) in [5, 5.41) is 11.4. The average molecular weight is 397 g/mol. The Kier molecular flexibility index (Phi) is 6.71. The van der Waals surface area contributed by atoms with Gasteiger partial charge in [0.25, 0.3) is 0 Å². The maximum atomic E-state index is 10.3. The Morgan fingerprint density at radius 2 is 1.89 bits per heavy atom. The van der Waals surface area contributed by atoms with Crippen molar-refractivity contribution in [3.8, 4) is 11.3 Å². The fourth-order valence-electron chi connectivity index (χ4n) is 4.45. The molecule has 0 unspecified atom stereocenters. The third-order valence-corrected chi connectivity index (χ3v) is 5.90. The van der Waals surface area contributed by atoms with Crippen LogP contribution in [0.25, 0.3) is 22.2 Å². The number of aliphatic hydroxyl groups excluding tert-OH is 1. The normalized spacial score (nSPS) is 18.6. The molecule has 3 aromatic rings. The van der Waals surface area contributed by atoms with E-state index in [2.05, 4.69) is 67.3 Å². The summed E-state index contributed by atoms with van der Waals surface area (Å²) < 4.78 is 0. The van der Waals surface area contributed by atoms with Crippen LogP contribution in [0.5, 0.6) is 0 Å². The number of hydrogen-bond acceptors (Lipinski definition) is 3. The Hall–Kier alpha value is -1.94. The highest BCUT2D eigenvalue weighted by Crippen LogP contribution is 2.34. The lowest BCUT2D eigenvalue weighted by Gasteiger charge is -2.39. The van der Waals surface area contributed by atoms with E-state index >= 15 is 0 Å². The molecule has 0 amide bonds. The van der Waals surface area contributed by atoms with E-state index in [1.165, 1.54) is 24.8 Å². The van der Waals surface area contributed by atoms with Crippen LogP contribution in [0.1, 0.15) is 43.4 Å². The average Bonchev–Trinajstić information content (AvgIpc) is 2.70. The van der Waals surface area contributed by atoms with Gasteiger partial charge in [0.15, 0.2) is 0 Å². The molecule has 2 aromatic carbocycles. The van der Waals surface area contributed by atoms with Crippen LogP contribution in [0.2, 0.25) is 0 Å². The minimum Gasteiger partial charge on any atom is -0.394 e. The number of piperidine rings is 1. The fraction of sp³-hybridized carbons (Fsp3) is 0.375. The number of rotatable bonds is 4. The molecular weight excluding hydrogens is 368 g/mol. The molecule has 3 nitrogen and oxygen atoms in total. The minimum atomic E-state index is 0. The van der Waals surface area contributed by atoms with Gasteiger partial charge in [-0.3, -0.25) is 4.90 Å². The van der Waals surface area contributed by atoms with Gasteiger partial charge >= 0.3 is 0 Å². The van der Waals surface area contributed by atoms with Crippen LogP contribution < -0.4 is 0 Å². The van der Waals surface area contributed by atoms with E-state index in [1.54, 1.807) is 0 Å². The van der Waals surface area contributed by atoms with E-state index in [0.29, 0.717) is 6.04 Å². The van der Waals surface area contributed by atoms with Gasteiger partial charge in [-0.25, -0.2) is 4.98 Å². The first-order valence-electron chi connectivity index (χ1n) is 10.0. The van der Waals surface area contributed by atoms with E-state index in [1.807, 2.05) is 6.07 Å². The second-order valence-corrected chi connectivity index (χ2v) is 7.72. The summed E-state index contributed by atoms with van der Waals surface area (Å²) in [6, 6.07) is 19.4. The summed E-state index contributed by atoms with van der Waals surface area (Å²) in [7, 11) is 0. The molecule has 1 aliphatic heterocycles. The molecule has 1 aliphatic rings. The van der Waals surface area contributed by atoms with E-state index < -0.39 is 0 Å². The molecule has 28 heavy (non-hydrogen) atoms. The molecule has 1 N–H and O–H groups in total. The highest BCUT2D eigenvalue weighted by atomic mass is 35.5. The van der Waals surface area contributed by atoms with E-state index in [9.17, 15) is 5.11 Å². The molecule has 0 spiro atoms. The second-order valence-electron chi connectivity index (χ2n) is 7.72. The number of likely N-dealkylation sites (tertiary alicyclic amines) is 1. The molecule has 0 bridgehead atoms. The number of benzene rings is 2. The summed E-state index contributed by atoms with van der Waals surface area (Å²) in [5.74, 6) is 0. The zero-order valence-electron chi connectivity index (χ0n) is 16.6. The lowest BCUT2D eigenvalue weighted by atomic mass is 9.95. The van der Waals surface area contributed by atoms with Gasteiger partial charge in [-0.2, -0.15) is 0 Å². The third kappa shape index (κ3) is 3.93. The quantitative estimate of drug-likeness (QED) is 0.628. The molecule has 1 saturated heterocycles. The molecule has 0 aliphatic carbocycles. The van der Waals surface area contributed by atoms with Crippen molar-refractivity contribution in [3.63, 3.8) is 0 Å². The summed E-state index contributed by atoms with van der Waals surface area (Å²) in [4.78, 5) is 7.56. The van der Waals surface area contributed by atoms with Gasteiger partial charge in [-0.1, -0.05) is 55.0 Å². The van der Waals surface area contributed by atoms with Gasteiger partial charge in [-0.05, 0) is 50.4 Å². The monoisotopic (exact) mass is 396 g/mol.